The maximum absolute atomic E-state index is 11.7. The van der Waals surface area contributed by atoms with Crippen molar-refractivity contribution < 1.29 is 17.9 Å². The van der Waals surface area contributed by atoms with E-state index in [1.54, 1.807) is 14.1 Å². The SMILES string of the molecule is COc1cc(C(=O)N(C)C)ccc1S(=O)(=O)Cl. The smallest absolute Gasteiger partial charge is 0.264 e. The van der Waals surface area contributed by atoms with Gasteiger partial charge in [-0.3, -0.25) is 4.79 Å². The largest absolute Gasteiger partial charge is 0.495 e. The Labute approximate surface area is 104 Å². The monoisotopic (exact) mass is 277 g/mol. The van der Waals surface area contributed by atoms with Gasteiger partial charge in [-0.2, -0.15) is 0 Å². The van der Waals surface area contributed by atoms with Gasteiger partial charge >= 0.3 is 0 Å². The van der Waals surface area contributed by atoms with Crippen LogP contribution in [0.25, 0.3) is 0 Å². The predicted octanol–water partition coefficient (Wildman–Crippen LogP) is 1.32. The average molecular weight is 278 g/mol. The molecule has 0 aromatic heterocycles. The van der Waals surface area contributed by atoms with Crippen molar-refractivity contribution in [3.8, 4) is 5.75 Å². The Morgan fingerprint density at radius 3 is 2.35 bits per heavy atom. The summed E-state index contributed by atoms with van der Waals surface area (Å²) < 4.78 is 27.3. The minimum atomic E-state index is -3.89. The minimum absolute atomic E-state index is 0.0488. The molecule has 0 atom stereocenters. The third kappa shape index (κ3) is 3.10. The highest BCUT2D eigenvalue weighted by molar-refractivity contribution is 8.13. The maximum Gasteiger partial charge on any atom is 0.264 e. The van der Waals surface area contributed by atoms with Crippen molar-refractivity contribution in [2.24, 2.45) is 0 Å². The van der Waals surface area contributed by atoms with Crippen molar-refractivity contribution in [1.82, 2.24) is 4.90 Å². The van der Waals surface area contributed by atoms with Crippen molar-refractivity contribution >= 4 is 25.6 Å². The molecule has 0 saturated heterocycles. The molecule has 0 aliphatic carbocycles. The van der Waals surface area contributed by atoms with E-state index in [0.29, 0.717) is 5.56 Å². The molecule has 1 aromatic rings. The Bertz CT molecular complexity index is 539. The van der Waals surface area contributed by atoms with Crippen molar-refractivity contribution in [3.05, 3.63) is 23.8 Å². The second-order valence-corrected chi connectivity index (χ2v) is 6.04. The number of rotatable bonds is 3. The first-order chi connectivity index (χ1) is 7.77. The fourth-order valence-electron chi connectivity index (χ4n) is 1.26. The summed E-state index contributed by atoms with van der Waals surface area (Å²) in [5.41, 5.74) is 0.330. The fraction of sp³-hybridized carbons (Fsp3) is 0.300. The molecule has 0 bridgehead atoms. The number of benzene rings is 1. The molecule has 7 heteroatoms. The third-order valence-corrected chi connectivity index (χ3v) is 3.44. The Hall–Kier alpha value is -1.27. The molecule has 1 amide bonds. The molecule has 0 heterocycles. The molecular weight excluding hydrogens is 266 g/mol. The molecule has 1 rings (SSSR count). The lowest BCUT2D eigenvalue weighted by molar-refractivity contribution is 0.0827. The van der Waals surface area contributed by atoms with E-state index in [0.717, 1.165) is 0 Å². The standard InChI is InChI=1S/C10H12ClNO4S/c1-12(2)10(13)7-4-5-9(17(11,14)15)8(6-7)16-3/h4-6H,1-3H3. The van der Waals surface area contributed by atoms with Gasteiger partial charge in [0.1, 0.15) is 10.6 Å². The van der Waals surface area contributed by atoms with Gasteiger partial charge in [0, 0.05) is 30.3 Å². The minimum Gasteiger partial charge on any atom is -0.495 e. The highest BCUT2D eigenvalue weighted by Gasteiger charge is 2.19. The van der Waals surface area contributed by atoms with Crippen molar-refractivity contribution in [2.45, 2.75) is 4.90 Å². The van der Waals surface area contributed by atoms with Crippen molar-refractivity contribution in [1.29, 1.82) is 0 Å². The molecule has 0 spiro atoms. The zero-order valence-electron chi connectivity index (χ0n) is 9.60. The van der Waals surface area contributed by atoms with Gasteiger partial charge in [0.05, 0.1) is 7.11 Å². The molecule has 0 saturated carbocycles. The van der Waals surface area contributed by atoms with Crippen LogP contribution in [-0.4, -0.2) is 40.4 Å². The van der Waals surface area contributed by atoms with Gasteiger partial charge in [0.2, 0.25) is 0 Å². The fourth-order valence-corrected chi connectivity index (χ4v) is 2.26. The van der Waals surface area contributed by atoms with Gasteiger partial charge < -0.3 is 9.64 Å². The van der Waals surface area contributed by atoms with Crippen molar-refractivity contribution in [2.75, 3.05) is 21.2 Å². The molecular formula is C10H12ClNO4S. The van der Waals surface area contributed by atoms with E-state index in [2.05, 4.69) is 0 Å². The van der Waals surface area contributed by atoms with E-state index >= 15 is 0 Å². The molecule has 0 aliphatic rings. The van der Waals surface area contributed by atoms with Gasteiger partial charge in [0.15, 0.2) is 0 Å². The summed E-state index contributed by atoms with van der Waals surface area (Å²) in [6, 6.07) is 3.98. The van der Waals surface area contributed by atoms with E-state index in [4.69, 9.17) is 15.4 Å². The number of carbonyl (C=O) groups excluding carboxylic acids is 1. The van der Waals surface area contributed by atoms with Crippen LogP contribution in [0.15, 0.2) is 23.1 Å². The number of halogens is 1. The summed E-state index contributed by atoms with van der Waals surface area (Å²) in [5.74, 6) is -0.200. The van der Waals surface area contributed by atoms with E-state index in [1.165, 1.54) is 30.2 Å². The van der Waals surface area contributed by atoms with Crippen LogP contribution in [0.5, 0.6) is 5.75 Å². The summed E-state index contributed by atoms with van der Waals surface area (Å²) in [5, 5.41) is 0. The first-order valence-electron chi connectivity index (χ1n) is 4.61. The lowest BCUT2D eigenvalue weighted by Gasteiger charge is -2.12. The third-order valence-electron chi connectivity index (χ3n) is 2.08. The van der Waals surface area contributed by atoms with Gasteiger partial charge in [-0.25, -0.2) is 8.42 Å². The number of hydrogen-bond donors (Lipinski definition) is 0. The second kappa shape index (κ2) is 4.93. The number of ether oxygens (including phenoxy) is 1. The van der Waals surface area contributed by atoms with Crippen LogP contribution in [0.3, 0.4) is 0 Å². The first kappa shape index (κ1) is 13.8. The summed E-state index contributed by atoms with van der Waals surface area (Å²) in [7, 11) is 5.85. The van der Waals surface area contributed by atoms with Crippen LogP contribution in [-0.2, 0) is 9.05 Å². The molecule has 0 fully saturated rings. The highest BCUT2D eigenvalue weighted by atomic mass is 35.7. The van der Waals surface area contributed by atoms with E-state index in [9.17, 15) is 13.2 Å². The second-order valence-electron chi connectivity index (χ2n) is 3.50. The Morgan fingerprint density at radius 2 is 1.94 bits per heavy atom. The van der Waals surface area contributed by atoms with Gasteiger partial charge in [-0.05, 0) is 18.2 Å². The normalized spacial score (nSPS) is 11.1. The predicted molar refractivity (Wildman–Crippen MR) is 64.1 cm³/mol. The van der Waals surface area contributed by atoms with E-state index < -0.39 is 9.05 Å². The molecule has 0 radical (unpaired) electrons. The quantitative estimate of drug-likeness (QED) is 0.782. The molecule has 0 unspecified atom stereocenters. The van der Waals surface area contributed by atoms with Crippen LogP contribution >= 0.6 is 10.7 Å². The van der Waals surface area contributed by atoms with Gasteiger partial charge in [-0.1, -0.05) is 0 Å². The Morgan fingerprint density at radius 1 is 1.35 bits per heavy atom. The Kier molecular flexibility index (Phi) is 4.00. The zero-order valence-corrected chi connectivity index (χ0v) is 11.2. The summed E-state index contributed by atoms with van der Waals surface area (Å²) in [4.78, 5) is 12.9. The van der Waals surface area contributed by atoms with Gasteiger partial charge in [-0.15, -0.1) is 0 Å². The zero-order chi connectivity index (χ0) is 13.2. The van der Waals surface area contributed by atoms with E-state index in [1.807, 2.05) is 0 Å². The molecule has 0 aliphatic heterocycles. The van der Waals surface area contributed by atoms with Crippen LogP contribution < -0.4 is 4.74 Å². The number of carbonyl (C=O) groups is 1. The molecule has 94 valence electrons. The summed E-state index contributed by atoms with van der Waals surface area (Å²) in [6.45, 7) is 0. The lowest BCUT2D eigenvalue weighted by Crippen LogP contribution is -2.21. The summed E-state index contributed by atoms with van der Waals surface area (Å²) in [6.07, 6.45) is 0. The number of methoxy groups -OCH3 is 1. The first-order valence-corrected chi connectivity index (χ1v) is 6.92. The van der Waals surface area contributed by atoms with Crippen molar-refractivity contribution in [3.63, 3.8) is 0 Å². The highest BCUT2D eigenvalue weighted by Crippen LogP contribution is 2.28. The number of hydrogen-bond acceptors (Lipinski definition) is 4. The Balaban J connectivity index is 3.32. The molecule has 17 heavy (non-hydrogen) atoms. The van der Waals surface area contributed by atoms with Crippen LogP contribution in [0.4, 0.5) is 0 Å². The topological polar surface area (TPSA) is 63.7 Å². The molecule has 0 N–H and O–H groups in total. The van der Waals surface area contributed by atoms with E-state index in [-0.39, 0.29) is 16.6 Å². The van der Waals surface area contributed by atoms with Crippen LogP contribution in [0.1, 0.15) is 10.4 Å². The number of amides is 1. The van der Waals surface area contributed by atoms with Crippen LogP contribution in [0, 0.1) is 0 Å². The number of nitrogens with zero attached hydrogens (tertiary/aromatic N) is 1. The lowest BCUT2D eigenvalue weighted by atomic mass is 10.2. The van der Waals surface area contributed by atoms with Crippen LogP contribution in [0.2, 0.25) is 0 Å². The average Bonchev–Trinajstić information content (AvgIpc) is 2.25. The molecule has 5 nitrogen and oxygen atoms in total. The van der Waals surface area contributed by atoms with Gasteiger partial charge in [0.25, 0.3) is 15.0 Å². The maximum atomic E-state index is 11.7. The molecule has 1 aromatic carbocycles. The summed E-state index contributed by atoms with van der Waals surface area (Å²) >= 11 is 0.